The lowest BCUT2D eigenvalue weighted by Gasteiger charge is -2.25. The molecule has 0 N–H and O–H groups in total. The van der Waals surface area contributed by atoms with Crippen molar-refractivity contribution in [3.63, 3.8) is 0 Å². The summed E-state index contributed by atoms with van der Waals surface area (Å²) in [5, 5.41) is 4.47. The van der Waals surface area contributed by atoms with E-state index in [0.29, 0.717) is 17.0 Å². The summed E-state index contributed by atoms with van der Waals surface area (Å²) in [6.45, 7) is 7.53. The van der Waals surface area contributed by atoms with Crippen LogP contribution in [0.5, 0.6) is 0 Å². The second kappa shape index (κ2) is 6.23. The monoisotopic (exact) mass is 325 g/mol. The second-order valence-electron chi connectivity index (χ2n) is 6.66. The summed E-state index contributed by atoms with van der Waals surface area (Å²) in [6.07, 6.45) is 1.97. The average molecular weight is 325 g/mol. The maximum absolute atomic E-state index is 12.9. The first-order chi connectivity index (χ1) is 11.4. The maximum atomic E-state index is 12.9. The van der Waals surface area contributed by atoms with Gasteiger partial charge >= 0.3 is 0 Å². The van der Waals surface area contributed by atoms with Gasteiger partial charge in [-0.05, 0) is 52.7 Å². The smallest absolute Gasteiger partial charge is 0.295 e. The summed E-state index contributed by atoms with van der Waals surface area (Å²) in [5.41, 5.74) is 2.61. The van der Waals surface area contributed by atoms with Crippen molar-refractivity contribution in [2.24, 2.45) is 0 Å². The van der Waals surface area contributed by atoms with E-state index in [1.807, 2.05) is 51.1 Å². The molecular formula is C19H23N3O2. The molecule has 0 saturated heterocycles. The van der Waals surface area contributed by atoms with Crippen molar-refractivity contribution >= 4 is 11.7 Å². The minimum atomic E-state index is -0.451. The second-order valence-corrected chi connectivity index (χ2v) is 6.66. The highest BCUT2D eigenvalue weighted by Gasteiger charge is 2.38. The first-order valence-electron chi connectivity index (χ1n) is 8.40. The Morgan fingerprint density at radius 2 is 1.79 bits per heavy atom. The van der Waals surface area contributed by atoms with Crippen molar-refractivity contribution < 1.29 is 9.59 Å². The number of benzene rings is 1. The molecule has 0 bridgehead atoms. The summed E-state index contributed by atoms with van der Waals surface area (Å²) in [7, 11) is 0. The van der Waals surface area contributed by atoms with Crippen molar-refractivity contribution in [1.29, 1.82) is 0 Å². The molecule has 0 radical (unpaired) electrons. The molecule has 5 nitrogen and oxygen atoms in total. The van der Waals surface area contributed by atoms with Crippen LogP contribution >= 0.6 is 0 Å². The molecule has 1 aromatic heterocycles. The fraction of sp³-hybridized carbons (Fsp3) is 0.421. The Kier molecular flexibility index (Phi) is 4.26. The van der Waals surface area contributed by atoms with Gasteiger partial charge in [-0.2, -0.15) is 5.10 Å². The zero-order chi connectivity index (χ0) is 17.4. The molecule has 0 atom stereocenters. The van der Waals surface area contributed by atoms with E-state index >= 15 is 0 Å². The molecule has 24 heavy (non-hydrogen) atoms. The Hall–Kier alpha value is -2.43. The van der Waals surface area contributed by atoms with Crippen LogP contribution in [0.2, 0.25) is 0 Å². The van der Waals surface area contributed by atoms with Crippen molar-refractivity contribution in [2.45, 2.75) is 52.6 Å². The number of carbonyl (C=O) groups excluding carboxylic acids is 2. The van der Waals surface area contributed by atoms with Crippen LogP contribution in [0.25, 0.3) is 5.69 Å². The fourth-order valence-corrected chi connectivity index (χ4v) is 3.19. The normalized spacial score (nSPS) is 14.0. The number of aryl methyl sites for hydroxylation is 1. The number of amides is 1. The average Bonchev–Trinajstić information content (AvgIpc) is 3.33. The predicted molar refractivity (Wildman–Crippen MR) is 92.4 cm³/mol. The van der Waals surface area contributed by atoms with Crippen LogP contribution in [-0.4, -0.2) is 38.5 Å². The quantitative estimate of drug-likeness (QED) is 0.627. The Balaban J connectivity index is 1.96. The lowest BCUT2D eigenvalue weighted by Crippen LogP contribution is -2.43. The molecule has 1 aliphatic rings. The molecule has 5 heteroatoms. The largest absolute Gasteiger partial charge is 0.330 e. The van der Waals surface area contributed by atoms with Gasteiger partial charge in [0.15, 0.2) is 0 Å². The Morgan fingerprint density at radius 3 is 2.33 bits per heavy atom. The van der Waals surface area contributed by atoms with Crippen LogP contribution in [0, 0.1) is 13.8 Å². The molecular weight excluding hydrogens is 302 g/mol. The van der Waals surface area contributed by atoms with Gasteiger partial charge in [0.25, 0.3) is 11.7 Å². The van der Waals surface area contributed by atoms with Crippen molar-refractivity contribution in [3.8, 4) is 5.69 Å². The van der Waals surface area contributed by atoms with Gasteiger partial charge in [-0.1, -0.05) is 18.2 Å². The van der Waals surface area contributed by atoms with Gasteiger partial charge < -0.3 is 4.90 Å². The Bertz CT molecular complexity index is 771. The first kappa shape index (κ1) is 16.4. The lowest BCUT2D eigenvalue weighted by molar-refractivity contribution is -0.128. The summed E-state index contributed by atoms with van der Waals surface area (Å²) >= 11 is 0. The van der Waals surface area contributed by atoms with Crippen LogP contribution in [0.1, 0.15) is 48.4 Å². The zero-order valence-corrected chi connectivity index (χ0v) is 14.6. The molecule has 0 spiro atoms. The topological polar surface area (TPSA) is 55.2 Å². The first-order valence-corrected chi connectivity index (χ1v) is 8.40. The van der Waals surface area contributed by atoms with E-state index in [0.717, 1.165) is 18.5 Å². The van der Waals surface area contributed by atoms with Gasteiger partial charge in [0.05, 0.1) is 22.6 Å². The number of hydrogen-bond acceptors (Lipinski definition) is 3. The van der Waals surface area contributed by atoms with Gasteiger partial charge in [-0.25, -0.2) is 4.68 Å². The van der Waals surface area contributed by atoms with E-state index in [1.54, 1.807) is 16.5 Å². The maximum Gasteiger partial charge on any atom is 0.295 e. The Morgan fingerprint density at radius 1 is 1.17 bits per heavy atom. The summed E-state index contributed by atoms with van der Waals surface area (Å²) in [4.78, 5) is 27.3. The van der Waals surface area contributed by atoms with Crippen molar-refractivity contribution in [3.05, 3.63) is 47.3 Å². The van der Waals surface area contributed by atoms with E-state index in [-0.39, 0.29) is 12.1 Å². The molecule has 2 aromatic rings. The zero-order valence-electron chi connectivity index (χ0n) is 14.6. The third-order valence-electron chi connectivity index (χ3n) is 4.44. The highest BCUT2D eigenvalue weighted by molar-refractivity contribution is 6.43. The number of rotatable bonds is 5. The van der Waals surface area contributed by atoms with Crippen LogP contribution in [0.15, 0.2) is 30.3 Å². The van der Waals surface area contributed by atoms with Crippen LogP contribution in [-0.2, 0) is 4.79 Å². The van der Waals surface area contributed by atoms with E-state index in [2.05, 4.69) is 5.10 Å². The number of aromatic nitrogens is 2. The van der Waals surface area contributed by atoms with E-state index in [4.69, 9.17) is 0 Å². The third-order valence-corrected chi connectivity index (χ3v) is 4.44. The molecule has 1 fully saturated rings. The van der Waals surface area contributed by atoms with Crippen LogP contribution < -0.4 is 0 Å². The molecule has 0 unspecified atom stereocenters. The summed E-state index contributed by atoms with van der Waals surface area (Å²) in [5.74, 6) is -0.862. The molecule has 1 saturated carbocycles. The number of hydrogen-bond donors (Lipinski definition) is 0. The highest BCUT2D eigenvalue weighted by Crippen LogP contribution is 2.30. The molecule has 1 amide bonds. The number of para-hydroxylation sites is 1. The van der Waals surface area contributed by atoms with Gasteiger partial charge in [0.2, 0.25) is 0 Å². The van der Waals surface area contributed by atoms with Crippen molar-refractivity contribution in [2.75, 3.05) is 0 Å². The van der Waals surface area contributed by atoms with Gasteiger partial charge in [-0.3, -0.25) is 9.59 Å². The molecule has 3 rings (SSSR count). The Labute approximate surface area is 142 Å². The van der Waals surface area contributed by atoms with Gasteiger partial charge in [0, 0.05) is 12.1 Å². The summed E-state index contributed by atoms with van der Waals surface area (Å²) < 4.78 is 1.73. The number of nitrogens with zero attached hydrogens (tertiary/aromatic N) is 3. The van der Waals surface area contributed by atoms with E-state index in [1.165, 1.54) is 0 Å². The van der Waals surface area contributed by atoms with Crippen LogP contribution in [0.4, 0.5) is 0 Å². The van der Waals surface area contributed by atoms with E-state index < -0.39 is 11.7 Å². The number of Topliss-reactive ketones (excluding diaryl/α,β-unsaturated/α-hetero) is 1. The summed E-state index contributed by atoms with van der Waals surface area (Å²) in [6, 6.07) is 9.88. The standard InChI is InChI=1S/C19H23N3O2/c1-12(2)21(15-10-11-15)19(24)18(23)17-13(3)20-22(14(17)4)16-8-6-5-7-9-16/h5-9,12,15H,10-11H2,1-4H3. The van der Waals surface area contributed by atoms with Gasteiger partial charge in [0.1, 0.15) is 0 Å². The highest BCUT2D eigenvalue weighted by atomic mass is 16.2. The number of carbonyl (C=O) groups is 2. The van der Waals surface area contributed by atoms with Gasteiger partial charge in [-0.15, -0.1) is 0 Å². The predicted octanol–water partition coefficient (Wildman–Crippen LogP) is 3.07. The van der Waals surface area contributed by atoms with Crippen LogP contribution in [0.3, 0.4) is 0 Å². The number of ketones is 1. The third kappa shape index (κ3) is 2.86. The van der Waals surface area contributed by atoms with E-state index in [9.17, 15) is 9.59 Å². The molecule has 0 aliphatic heterocycles. The molecule has 126 valence electrons. The van der Waals surface area contributed by atoms with Crippen molar-refractivity contribution in [1.82, 2.24) is 14.7 Å². The molecule has 1 aliphatic carbocycles. The lowest BCUT2D eigenvalue weighted by atomic mass is 10.1. The minimum Gasteiger partial charge on any atom is -0.330 e. The molecule has 1 heterocycles. The molecule has 1 aromatic carbocycles. The minimum absolute atomic E-state index is 0.0266. The SMILES string of the molecule is Cc1nn(-c2ccccc2)c(C)c1C(=O)C(=O)N(C(C)C)C1CC1. The fourth-order valence-electron chi connectivity index (χ4n) is 3.19.